The smallest absolute Gasteiger partial charge is 0.0843 e. The lowest BCUT2D eigenvalue weighted by molar-refractivity contribution is -0.115. The second kappa shape index (κ2) is 3.32. The first kappa shape index (κ1) is 8.48. The molecule has 0 aliphatic carbocycles. The molecule has 0 amide bonds. The van der Waals surface area contributed by atoms with Crippen LogP contribution in [0.25, 0.3) is 0 Å². The fraction of sp³-hybridized carbons (Fsp3) is 1.00. The molecule has 0 bridgehead atoms. The van der Waals surface area contributed by atoms with Crippen LogP contribution in [0.5, 0.6) is 0 Å². The summed E-state index contributed by atoms with van der Waals surface area (Å²) in [5.41, 5.74) is 0.110. The molecule has 2 aliphatic heterocycles. The number of hydrogen-bond donors (Lipinski definition) is 1. The Bertz CT molecular complexity index is 155. The van der Waals surface area contributed by atoms with Gasteiger partial charge in [0.15, 0.2) is 0 Å². The van der Waals surface area contributed by atoms with Gasteiger partial charge in [0, 0.05) is 26.7 Å². The second-order valence-electron chi connectivity index (χ2n) is 3.81. The summed E-state index contributed by atoms with van der Waals surface area (Å²) in [6, 6.07) is 0. The molecule has 2 saturated heterocycles. The van der Waals surface area contributed by atoms with Crippen molar-refractivity contribution < 1.29 is 9.47 Å². The fourth-order valence-electron chi connectivity index (χ4n) is 2.20. The van der Waals surface area contributed by atoms with Crippen molar-refractivity contribution in [3.05, 3.63) is 0 Å². The average molecular weight is 171 g/mol. The minimum Gasteiger partial charge on any atom is -0.381 e. The van der Waals surface area contributed by atoms with Gasteiger partial charge in [-0.05, 0) is 19.4 Å². The van der Waals surface area contributed by atoms with E-state index in [0.29, 0.717) is 6.10 Å². The molecule has 3 nitrogen and oxygen atoms in total. The zero-order valence-electron chi connectivity index (χ0n) is 7.64. The average Bonchev–Trinajstić information content (AvgIpc) is 2.53. The quantitative estimate of drug-likeness (QED) is 0.624. The highest BCUT2D eigenvalue weighted by Crippen LogP contribution is 2.31. The van der Waals surface area contributed by atoms with Crippen LogP contribution in [-0.4, -0.2) is 38.5 Å². The molecule has 0 aromatic heterocycles. The maximum Gasteiger partial charge on any atom is 0.0843 e. The number of ether oxygens (including phenoxy) is 2. The Morgan fingerprint density at radius 3 is 3.17 bits per heavy atom. The topological polar surface area (TPSA) is 30.5 Å². The highest BCUT2D eigenvalue weighted by Gasteiger charge is 2.39. The molecule has 70 valence electrons. The number of hydrogen-bond acceptors (Lipinski definition) is 3. The molecule has 2 fully saturated rings. The molecule has 0 aromatic carbocycles. The Hall–Kier alpha value is -0.120. The third-order valence-corrected chi connectivity index (χ3v) is 2.99. The molecule has 2 atom stereocenters. The van der Waals surface area contributed by atoms with Crippen molar-refractivity contribution >= 4 is 0 Å². The van der Waals surface area contributed by atoms with Crippen molar-refractivity contribution in [2.45, 2.75) is 31.0 Å². The number of nitrogens with one attached hydrogen (secondary N) is 1. The van der Waals surface area contributed by atoms with Gasteiger partial charge in [-0.15, -0.1) is 0 Å². The summed E-state index contributed by atoms with van der Waals surface area (Å²) in [5.74, 6) is 0. The van der Waals surface area contributed by atoms with Gasteiger partial charge in [-0.1, -0.05) is 0 Å². The molecule has 0 aromatic rings. The Kier molecular flexibility index (Phi) is 2.35. The van der Waals surface area contributed by atoms with Crippen LogP contribution in [0.15, 0.2) is 0 Å². The summed E-state index contributed by atoms with van der Waals surface area (Å²) in [5, 5.41) is 3.35. The molecular formula is C9H17NO2. The van der Waals surface area contributed by atoms with Gasteiger partial charge in [0.25, 0.3) is 0 Å². The van der Waals surface area contributed by atoms with Crippen LogP contribution in [0, 0.1) is 0 Å². The fourth-order valence-corrected chi connectivity index (χ4v) is 2.20. The molecule has 1 N–H and O–H groups in total. The van der Waals surface area contributed by atoms with Crippen LogP contribution in [-0.2, 0) is 9.47 Å². The summed E-state index contributed by atoms with van der Waals surface area (Å²) < 4.78 is 11.2. The van der Waals surface area contributed by atoms with Crippen molar-refractivity contribution in [3.8, 4) is 0 Å². The van der Waals surface area contributed by atoms with E-state index < -0.39 is 0 Å². The zero-order valence-corrected chi connectivity index (χ0v) is 7.64. The van der Waals surface area contributed by atoms with E-state index in [1.54, 1.807) is 7.11 Å². The van der Waals surface area contributed by atoms with Gasteiger partial charge in [-0.2, -0.15) is 0 Å². The van der Waals surface area contributed by atoms with Crippen LogP contribution in [0.2, 0.25) is 0 Å². The lowest BCUT2D eigenvalue weighted by Crippen LogP contribution is -2.44. The molecule has 2 heterocycles. The molecular weight excluding hydrogens is 154 g/mol. The van der Waals surface area contributed by atoms with Crippen molar-refractivity contribution in [1.82, 2.24) is 5.32 Å². The molecule has 0 radical (unpaired) electrons. The van der Waals surface area contributed by atoms with E-state index in [1.807, 2.05) is 0 Å². The van der Waals surface area contributed by atoms with Crippen LogP contribution in [0.3, 0.4) is 0 Å². The van der Waals surface area contributed by atoms with E-state index >= 15 is 0 Å². The van der Waals surface area contributed by atoms with Crippen molar-refractivity contribution in [2.75, 3.05) is 26.8 Å². The van der Waals surface area contributed by atoms with Gasteiger partial charge in [-0.25, -0.2) is 0 Å². The van der Waals surface area contributed by atoms with Gasteiger partial charge in [0.1, 0.15) is 0 Å². The SMILES string of the molecule is COC1CCOC2(CCNC2)C1. The van der Waals surface area contributed by atoms with Crippen molar-refractivity contribution in [3.63, 3.8) is 0 Å². The molecule has 3 heteroatoms. The first-order valence-electron chi connectivity index (χ1n) is 4.72. The first-order chi connectivity index (χ1) is 5.85. The monoisotopic (exact) mass is 171 g/mol. The predicted molar refractivity (Wildman–Crippen MR) is 46.2 cm³/mol. The first-order valence-corrected chi connectivity index (χ1v) is 4.72. The van der Waals surface area contributed by atoms with Gasteiger partial charge in [0.05, 0.1) is 11.7 Å². The summed E-state index contributed by atoms with van der Waals surface area (Å²) in [6.07, 6.45) is 3.68. The third kappa shape index (κ3) is 1.49. The van der Waals surface area contributed by atoms with Gasteiger partial charge in [0.2, 0.25) is 0 Å². The normalized spacial score (nSPS) is 42.2. The second-order valence-corrected chi connectivity index (χ2v) is 3.81. The molecule has 2 unspecified atom stereocenters. The lowest BCUT2D eigenvalue weighted by Gasteiger charge is -2.36. The lowest BCUT2D eigenvalue weighted by atomic mass is 9.91. The number of methoxy groups -OCH3 is 1. The van der Waals surface area contributed by atoms with E-state index in [0.717, 1.165) is 39.0 Å². The van der Waals surface area contributed by atoms with E-state index in [9.17, 15) is 0 Å². The van der Waals surface area contributed by atoms with Crippen LogP contribution in [0.4, 0.5) is 0 Å². The minimum atomic E-state index is 0.110. The van der Waals surface area contributed by atoms with Crippen molar-refractivity contribution in [2.24, 2.45) is 0 Å². The van der Waals surface area contributed by atoms with Crippen LogP contribution in [0.1, 0.15) is 19.3 Å². The zero-order chi connectivity index (χ0) is 8.44. The summed E-state index contributed by atoms with van der Waals surface area (Å²) >= 11 is 0. The molecule has 0 saturated carbocycles. The standard InChI is InChI=1S/C9H17NO2/c1-11-8-2-5-12-9(6-8)3-4-10-7-9/h8,10H,2-7H2,1H3. The molecule has 1 spiro atoms. The highest BCUT2D eigenvalue weighted by atomic mass is 16.5. The minimum absolute atomic E-state index is 0.110. The number of rotatable bonds is 1. The van der Waals surface area contributed by atoms with E-state index in [4.69, 9.17) is 9.47 Å². The largest absolute Gasteiger partial charge is 0.381 e. The van der Waals surface area contributed by atoms with E-state index in [-0.39, 0.29) is 5.60 Å². The van der Waals surface area contributed by atoms with Gasteiger partial charge < -0.3 is 14.8 Å². The van der Waals surface area contributed by atoms with Crippen LogP contribution < -0.4 is 5.32 Å². The molecule has 2 rings (SSSR count). The van der Waals surface area contributed by atoms with E-state index in [2.05, 4.69) is 5.32 Å². The molecule has 12 heavy (non-hydrogen) atoms. The highest BCUT2D eigenvalue weighted by molar-refractivity contribution is 4.94. The Morgan fingerprint density at radius 2 is 2.50 bits per heavy atom. The Balaban J connectivity index is 1.97. The Morgan fingerprint density at radius 1 is 1.58 bits per heavy atom. The maximum atomic E-state index is 5.82. The summed E-state index contributed by atoms with van der Waals surface area (Å²) in [7, 11) is 1.80. The summed E-state index contributed by atoms with van der Waals surface area (Å²) in [4.78, 5) is 0. The predicted octanol–water partition coefficient (Wildman–Crippen LogP) is 0.544. The van der Waals surface area contributed by atoms with Gasteiger partial charge in [-0.3, -0.25) is 0 Å². The van der Waals surface area contributed by atoms with Crippen molar-refractivity contribution in [1.29, 1.82) is 0 Å². The Labute approximate surface area is 73.4 Å². The van der Waals surface area contributed by atoms with Crippen LogP contribution >= 0.6 is 0 Å². The third-order valence-electron chi connectivity index (χ3n) is 2.99. The van der Waals surface area contributed by atoms with E-state index in [1.165, 1.54) is 0 Å². The molecule has 2 aliphatic rings. The van der Waals surface area contributed by atoms with Gasteiger partial charge >= 0.3 is 0 Å². The maximum absolute atomic E-state index is 5.82. The summed E-state index contributed by atoms with van der Waals surface area (Å²) in [6.45, 7) is 2.96.